The fraction of sp³-hybridized carbons (Fsp3) is 0.136. The van der Waals surface area contributed by atoms with Crippen molar-refractivity contribution in [2.24, 2.45) is 0 Å². The molecule has 0 spiro atoms. The highest BCUT2D eigenvalue weighted by Gasteiger charge is 2.09. The number of nitrogens with zero attached hydrogens (tertiary/aromatic N) is 1. The van der Waals surface area contributed by atoms with E-state index in [9.17, 15) is 0 Å². The summed E-state index contributed by atoms with van der Waals surface area (Å²) in [5, 5.41) is 4.69. The third-order valence-electron chi connectivity index (χ3n) is 4.16. The Bertz CT molecular complexity index is 1020. The minimum atomic E-state index is 0.133. The predicted molar refractivity (Wildman–Crippen MR) is 100 cm³/mol. The monoisotopic (exact) mass is 313 g/mol. The number of rotatable bonds is 3. The third kappa shape index (κ3) is 2.71. The van der Waals surface area contributed by atoms with Crippen molar-refractivity contribution in [2.75, 3.05) is 0 Å². The van der Waals surface area contributed by atoms with Crippen LogP contribution in [0, 0.1) is 0 Å². The fourth-order valence-corrected chi connectivity index (χ4v) is 3.06. The van der Waals surface area contributed by atoms with Gasteiger partial charge < -0.3 is 4.74 Å². The van der Waals surface area contributed by atoms with Crippen molar-refractivity contribution in [1.82, 2.24) is 4.98 Å². The molecule has 0 aliphatic carbocycles. The van der Waals surface area contributed by atoms with Gasteiger partial charge in [-0.2, -0.15) is 0 Å². The average Bonchev–Trinajstić information content (AvgIpc) is 2.61. The smallest absolute Gasteiger partial charge is 0.128 e. The minimum absolute atomic E-state index is 0.133. The van der Waals surface area contributed by atoms with Gasteiger partial charge in [-0.25, -0.2) is 0 Å². The summed E-state index contributed by atoms with van der Waals surface area (Å²) in [7, 11) is 0. The molecule has 3 aromatic carbocycles. The van der Waals surface area contributed by atoms with Crippen LogP contribution in [0.2, 0.25) is 0 Å². The van der Waals surface area contributed by atoms with E-state index < -0.39 is 0 Å². The number of fused-ring (bicyclic) bond motifs is 2. The van der Waals surface area contributed by atoms with Crippen LogP contribution >= 0.6 is 0 Å². The first-order valence-electron chi connectivity index (χ1n) is 8.24. The molecule has 0 atom stereocenters. The lowest BCUT2D eigenvalue weighted by atomic mass is 9.99. The minimum Gasteiger partial charge on any atom is -0.490 e. The van der Waals surface area contributed by atoms with Crippen molar-refractivity contribution in [1.29, 1.82) is 0 Å². The maximum atomic E-state index is 6.05. The van der Waals surface area contributed by atoms with Crippen molar-refractivity contribution in [3.8, 4) is 16.9 Å². The molecule has 1 aromatic heterocycles. The molecule has 2 nitrogen and oxygen atoms in total. The number of hydrogen-bond donors (Lipinski definition) is 0. The molecule has 2 heteroatoms. The SMILES string of the molecule is CC(C)Oc1cc(-c2ccc3ccccc3c2)cc2cnccc12. The number of pyridine rings is 1. The highest BCUT2D eigenvalue weighted by molar-refractivity contribution is 5.94. The van der Waals surface area contributed by atoms with Crippen molar-refractivity contribution in [2.45, 2.75) is 20.0 Å². The van der Waals surface area contributed by atoms with Crippen LogP contribution in [-0.4, -0.2) is 11.1 Å². The Morgan fingerprint density at radius 2 is 1.58 bits per heavy atom. The zero-order valence-electron chi connectivity index (χ0n) is 13.9. The Morgan fingerprint density at radius 3 is 2.42 bits per heavy atom. The molecule has 0 aliphatic rings. The molecule has 0 aliphatic heterocycles. The zero-order valence-corrected chi connectivity index (χ0v) is 13.9. The average molecular weight is 313 g/mol. The van der Waals surface area contributed by atoms with Crippen LogP contribution in [0.3, 0.4) is 0 Å². The van der Waals surface area contributed by atoms with E-state index in [0.717, 1.165) is 22.1 Å². The topological polar surface area (TPSA) is 22.1 Å². The van der Waals surface area contributed by atoms with Crippen molar-refractivity contribution in [3.63, 3.8) is 0 Å². The summed E-state index contributed by atoms with van der Waals surface area (Å²) in [6.07, 6.45) is 3.84. The summed E-state index contributed by atoms with van der Waals surface area (Å²) >= 11 is 0. The van der Waals surface area contributed by atoms with E-state index >= 15 is 0 Å². The second-order valence-electron chi connectivity index (χ2n) is 6.30. The van der Waals surface area contributed by atoms with E-state index in [1.54, 1.807) is 0 Å². The summed E-state index contributed by atoms with van der Waals surface area (Å²) in [5.74, 6) is 0.910. The summed E-state index contributed by atoms with van der Waals surface area (Å²) < 4.78 is 6.05. The predicted octanol–water partition coefficient (Wildman–Crippen LogP) is 5.84. The van der Waals surface area contributed by atoms with E-state index in [1.807, 2.05) is 18.5 Å². The van der Waals surface area contributed by atoms with E-state index in [-0.39, 0.29) is 6.10 Å². The molecule has 0 fully saturated rings. The molecule has 4 rings (SSSR count). The Hall–Kier alpha value is -2.87. The normalized spacial score (nSPS) is 11.3. The van der Waals surface area contributed by atoms with E-state index in [0.29, 0.717) is 0 Å². The molecular weight excluding hydrogens is 294 g/mol. The standard InChI is InChI=1S/C22H19NO/c1-15(2)24-22-13-19(12-20-14-23-10-9-21(20)22)18-8-7-16-5-3-4-6-17(16)11-18/h3-15H,1-2H3. The van der Waals surface area contributed by atoms with Crippen LogP contribution < -0.4 is 4.74 Å². The van der Waals surface area contributed by atoms with Gasteiger partial charge in [0.05, 0.1) is 6.10 Å². The molecule has 0 saturated carbocycles. The van der Waals surface area contributed by atoms with Crippen LogP contribution in [-0.2, 0) is 0 Å². The Kier molecular flexibility index (Phi) is 3.66. The van der Waals surface area contributed by atoms with E-state index in [1.165, 1.54) is 16.3 Å². The maximum Gasteiger partial charge on any atom is 0.128 e. The van der Waals surface area contributed by atoms with Gasteiger partial charge in [-0.05, 0) is 60.0 Å². The summed E-state index contributed by atoms with van der Waals surface area (Å²) in [6, 6.07) is 21.3. The lowest BCUT2D eigenvalue weighted by Gasteiger charge is -2.14. The molecule has 0 bridgehead atoms. The van der Waals surface area contributed by atoms with Gasteiger partial charge in [0.25, 0.3) is 0 Å². The van der Waals surface area contributed by atoms with Crippen LogP contribution in [0.25, 0.3) is 32.7 Å². The van der Waals surface area contributed by atoms with Crippen LogP contribution in [0.5, 0.6) is 5.75 Å². The van der Waals surface area contributed by atoms with Crippen LogP contribution in [0.4, 0.5) is 0 Å². The molecule has 0 N–H and O–H groups in total. The van der Waals surface area contributed by atoms with Crippen LogP contribution in [0.15, 0.2) is 73.1 Å². The van der Waals surface area contributed by atoms with Gasteiger partial charge >= 0.3 is 0 Å². The molecule has 4 aromatic rings. The Labute approximate surface area is 141 Å². The first-order valence-corrected chi connectivity index (χ1v) is 8.24. The molecule has 118 valence electrons. The fourth-order valence-electron chi connectivity index (χ4n) is 3.06. The quantitative estimate of drug-likeness (QED) is 0.474. The van der Waals surface area contributed by atoms with Gasteiger partial charge in [0.15, 0.2) is 0 Å². The van der Waals surface area contributed by atoms with E-state index in [4.69, 9.17) is 4.74 Å². The molecule has 0 saturated heterocycles. The number of aromatic nitrogens is 1. The highest BCUT2D eigenvalue weighted by Crippen LogP contribution is 2.33. The van der Waals surface area contributed by atoms with Gasteiger partial charge in [-0.3, -0.25) is 4.98 Å². The molecule has 0 unspecified atom stereocenters. The third-order valence-corrected chi connectivity index (χ3v) is 4.16. The van der Waals surface area contributed by atoms with Crippen molar-refractivity contribution in [3.05, 3.63) is 73.1 Å². The number of benzene rings is 3. The second-order valence-corrected chi connectivity index (χ2v) is 6.30. The molecule has 0 radical (unpaired) electrons. The van der Waals surface area contributed by atoms with Crippen molar-refractivity contribution < 1.29 is 4.74 Å². The Morgan fingerprint density at radius 1 is 0.792 bits per heavy atom. The Balaban J connectivity index is 1.91. The van der Waals surface area contributed by atoms with Gasteiger partial charge in [-0.15, -0.1) is 0 Å². The van der Waals surface area contributed by atoms with Gasteiger partial charge in [0.1, 0.15) is 5.75 Å². The summed E-state index contributed by atoms with van der Waals surface area (Å²) in [4.78, 5) is 4.26. The van der Waals surface area contributed by atoms with Crippen LogP contribution in [0.1, 0.15) is 13.8 Å². The summed E-state index contributed by atoms with van der Waals surface area (Å²) in [5.41, 5.74) is 2.34. The molecule has 1 heterocycles. The van der Waals surface area contributed by atoms with Gasteiger partial charge in [0.2, 0.25) is 0 Å². The first kappa shape index (κ1) is 14.7. The first-order chi connectivity index (χ1) is 11.7. The lowest BCUT2D eigenvalue weighted by Crippen LogP contribution is -2.06. The number of hydrogen-bond acceptors (Lipinski definition) is 2. The van der Waals surface area contributed by atoms with Gasteiger partial charge in [0, 0.05) is 23.2 Å². The molecule has 0 amide bonds. The van der Waals surface area contributed by atoms with Crippen molar-refractivity contribution >= 4 is 21.5 Å². The second kappa shape index (κ2) is 5.97. The molecular formula is C22H19NO. The largest absolute Gasteiger partial charge is 0.490 e. The highest BCUT2D eigenvalue weighted by atomic mass is 16.5. The zero-order chi connectivity index (χ0) is 16.5. The maximum absolute atomic E-state index is 6.05. The lowest BCUT2D eigenvalue weighted by molar-refractivity contribution is 0.245. The number of ether oxygens (including phenoxy) is 1. The van der Waals surface area contributed by atoms with Gasteiger partial charge in [-0.1, -0.05) is 36.4 Å². The van der Waals surface area contributed by atoms with E-state index in [2.05, 4.69) is 73.4 Å². The molecule has 24 heavy (non-hydrogen) atoms. The summed E-state index contributed by atoms with van der Waals surface area (Å²) in [6.45, 7) is 4.10.